The summed E-state index contributed by atoms with van der Waals surface area (Å²) in [5.74, 6) is -0.756. The van der Waals surface area contributed by atoms with Crippen molar-refractivity contribution in [3.63, 3.8) is 0 Å². The van der Waals surface area contributed by atoms with Gasteiger partial charge in [-0.15, -0.1) is 22.0 Å². The molecule has 19 heavy (non-hydrogen) atoms. The van der Waals surface area contributed by atoms with Gasteiger partial charge in [-0.05, 0) is 12.1 Å². The van der Waals surface area contributed by atoms with E-state index in [1.54, 1.807) is 24.3 Å². The molecule has 1 aliphatic heterocycles. The van der Waals surface area contributed by atoms with Crippen LogP contribution in [0.4, 0.5) is 0 Å². The summed E-state index contributed by atoms with van der Waals surface area (Å²) >= 11 is 0. The van der Waals surface area contributed by atoms with Crippen LogP contribution in [0.5, 0.6) is 0 Å². The van der Waals surface area contributed by atoms with Crippen molar-refractivity contribution in [2.45, 2.75) is 0 Å². The van der Waals surface area contributed by atoms with Gasteiger partial charge in [0.05, 0.1) is 32.3 Å². The molecule has 2 amide bonds. The maximum Gasteiger partial charge on any atom is 0.285 e. The molecule has 0 unspecified atom stereocenters. The van der Waals surface area contributed by atoms with Crippen molar-refractivity contribution in [1.82, 2.24) is 5.06 Å². The molecule has 0 saturated carbocycles. The molecule has 0 saturated heterocycles. The molecule has 1 heterocycles. The van der Waals surface area contributed by atoms with Crippen molar-refractivity contribution in [1.29, 1.82) is 0 Å². The van der Waals surface area contributed by atoms with Gasteiger partial charge in [0.2, 0.25) is 0 Å². The van der Waals surface area contributed by atoms with Gasteiger partial charge < -0.3 is 4.48 Å². The smallest absolute Gasteiger partial charge is 0.285 e. The Morgan fingerprint density at radius 2 is 1.53 bits per heavy atom. The highest BCUT2D eigenvalue weighted by molar-refractivity contribution is 8.93. The average Bonchev–Trinajstić information content (AvgIpc) is 2.53. The number of carbonyl (C=O) groups is 2. The number of likely N-dealkylation sites (N-methyl/N-ethyl adjacent to an activating group) is 1. The lowest BCUT2D eigenvalue weighted by atomic mass is 10.1. The molecule has 6 heteroatoms. The van der Waals surface area contributed by atoms with Crippen LogP contribution in [-0.2, 0) is 4.84 Å². The molecule has 1 aromatic rings. The highest BCUT2D eigenvalue weighted by atomic mass is 79.9. The van der Waals surface area contributed by atoms with Crippen molar-refractivity contribution in [2.24, 2.45) is 0 Å². The summed E-state index contributed by atoms with van der Waals surface area (Å²) in [4.78, 5) is 29.2. The van der Waals surface area contributed by atoms with Crippen LogP contribution >= 0.6 is 17.0 Å². The highest BCUT2D eigenvalue weighted by Crippen LogP contribution is 2.22. The second-order valence-electron chi connectivity index (χ2n) is 5.30. The van der Waals surface area contributed by atoms with Gasteiger partial charge in [-0.25, -0.2) is 0 Å². The van der Waals surface area contributed by atoms with Crippen LogP contribution in [0.2, 0.25) is 0 Å². The van der Waals surface area contributed by atoms with E-state index in [4.69, 9.17) is 4.84 Å². The number of carbonyl (C=O) groups excluding carboxylic acids is 2. The minimum absolute atomic E-state index is 0. The molecule has 0 fully saturated rings. The summed E-state index contributed by atoms with van der Waals surface area (Å²) in [6, 6.07) is 6.75. The van der Waals surface area contributed by atoms with Crippen LogP contribution in [0.1, 0.15) is 20.7 Å². The second-order valence-corrected chi connectivity index (χ2v) is 5.30. The van der Waals surface area contributed by atoms with E-state index in [1.807, 2.05) is 21.1 Å². The fraction of sp³-hybridized carbons (Fsp3) is 0.385. The Hall–Kier alpha value is -1.24. The fourth-order valence-electron chi connectivity index (χ4n) is 1.69. The quantitative estimate of drug-likeness (QED) is 0.621. The lowest BCUT2D eigenvalue weighted by molar-refractivity contribution is -0.871. The summed E-state index contributed by atoms with van der Waals surface area (Å²) in [5, 5.41) is 0.861. The van der Waals surface area contributed by atoms with Gasteiger partial charge in [0.1, 0.15) is 13.2 Å². The monoisotopic (exact) mass is 329 g/mol. The van der Waals surface area contributed by atoms with Gasteiger partial charge in [0.15, 0.2) is 0 Å². The first-order valence-electron chi connectivity index (χ1n) is 5.81. The Balaban J connectivity index is 0.00000180. The number of imide groups is 1. The molecule has 2 rings (SSSR count). The zero-order chi connectivity index (χ0) is 13.3. The van der Waals surface area contributed by atoms with Gasteiger partial charge in [-0.3, -0.25) is 14.4 Å². The number of hydrogen-bond acceptors (Lipinski definition) is 3. The number of rotatable bonds is 4. The molecule has 1 aliphatic rings. The van der Waals surface area contributed by atoms with E-state index in [9.17, 15) is 9.59 Å². The number of hydrogen-bond donors (Lipinski definition) is 0. The van der Waals surface area contributed by atoms with E-state index >= 15 is 0 Å². The molecule has 0 spiro atoms. The van der Waals surface area contributed by atoms with E-state index in [0.717, 1.165) is 5.06 Å². The van der Waals surface area contributed by atoms with Gasteiger partial charge >= 0.3 is 0 Å². The molecule has 1 aromatic carbocycles. The SMILES string of the molecule is Br.C[N+](C)(C)CCON1C(=O)c2ccccc2C1=O. The second kappa shape index (κ2) is 5.81. The Morgan fingerprint density at radius 1 is 1.05 bits per heavy atom. The Kier molecular flexibility index (Phi) is 4.84. The normalized spacial score (nSPS) is 14.4. The lowest BCUT2D eigenvalue weighted by Crippen LogP contribution is -2.40. The molecule has 0 radical (unpaired) electrons. The van der Waals surface area contributed by atoms with E-state index in [1.165, 1.54) is 0 Å². The molecule has 0 bridgehead atoms. The highest BCUT2D eigenvalue weighted by Gasteiger charge is 2.36. The molecular weight excluding hydrogens is 312 g/mol. The summed E-state index contributed by atoms with van der Waals surface area (Å²) < 4.78 is 0.711. The topological polar surface area (TPSA) is 46.6 Å². The van der Waals surface area contributed by atoms with Crippen LogP contribution in [0.15, 0.2) is 24.3 Å². The number of halogens is 1. The lowest BCUT2D eigenvalue weighted by Gasteiger charge is -2.24. The third kappa shape index (κ3) is 3.40. The molecule has 0 aromatic heterocycles. The first-order valence-corrected chi connectivity index (χ1v) is 5.81. The minimum atomic E-state index is -0.378. The molecule has 0 N–H and O–H groups in total. The fourth-order valence-corrected chi connectivity index (χ4v) is 1.69. The van der Waals surface area contributed by atoms with Crippen LogP contribution < -0.4 is 0 Å². The zero-order valence-electron chi connectivity index (χ0n) is 11.3. The standard InChI is InChI=1S/C13H17N2O3.BrH/c1-15(2,3)8-9-18-14-12(16)10-6-4-5-7-11(10)13(14)17;/h4-7H,8-9H2,1-3H3;1H/q+1;. The summed E-state index contributed by atoms with van der Waals surface area (Å²) in [7, 11) is 6.06. The van der Waals surface area contributed by atoms with Crippen LogP contribution in [-0.4, -0.2) is 55.7 Å². The third-order valence-electron chi connectivity index (χ3n) is 2.74. The largest absolute Gasteiger partial charge is 0.329 e. The first-order chi connectivity index (χ1) is 8.40. The van der Waals surface area contributed by atoms with Crippen LogP contribution in [0.25, 0.3) is 0 Å². The van der Waals surface area contributed by atoms with Crippen molar-refractivity contribution >= 4 is 28.8 Å². The Labute approximate surface area is 123 Å². The van der Waals surface area contributed by atoms with Crippen molar-refractivity contribution in [3.05, 3.63) is 35.4 Å². The summed E-state index contributed by atoms with van der Waals surface area (Å²) in [6.45, 7) is 1.04. The Bertz CT molecular complexity index is 462. The molecule has 104 valence electrons. The molecule has 0 atom stereocenters. The van der Waals surface area contributed by atoms with Crippen molar-refractivity contribution in [2.75, 3.05) is 34.3 Å². The van der Waals surface area contributed by atoms with Crippen molar-refractivity contribution in [3.8, 4) is 0 Å². The predicted octanol–water partition coefficient (Wildman–Crippen LogP) is 1.50. The Morgan fingerprint density at radius 3 is 1.95 bits per heavy atom. The van der Waals surface area contributed by atoms with Gasteiger partial charge in [-0.2, -0.15) is 0 Å². The summed E-state index contributed by atoms with van der Waals surface area (Å²) in [6.07, 6.45) is 0. The van der Waals surface area contributed by atoms with Gasteiger partial charge in [0, 0.05) is 0 Å². The van der Waals surface area contributed by atoms with Gasteiger partial charge in [-0.1, -0.05) is 12.1 Å². The third-order valence-corrected chi connectivity index (χ3v) is 2.74. The minimum Gasteiger partial charge on any atom is -0.329 e. The molecule has 0 aliphatic carbocycles. The number of hydroxylamine groups is 2. The number of benzene rings is 1. The number of quaternary nitrogens is 1. The van der Waals surface area contributed by atoms with Gasteiger partial charge in [0.25, 0.3) is 11.8 Å². The van der Waals surface area contributed by atoms with E-state index < -0.39 is 0 Å². The maximum atomic E-state index is 11.9. The predicted molar refractivity (Wildman–Crippen MR) is 76.1 cm³/mol. The van der Waals surface area contributed by atoms with Crippen molar-refractivity contribution < 1.29 is 18.9 Å². The molecular formula is C13H18BrN2O3+. The maximum absolute atomic E-state index is 11.9. The van der Waals surface area contributed by atoms with E-state index in [0.29, 0.717) is 28.8 Å². The van der Waals surface area contributed by atoms with E-state index in [-0.39, 0.29) is 28.8 Å². The number of fused-ring (bicyclic) bond motifs is 1. The molecule has 5 nitrogen and oxygen atoms in total. The van der Waals surface area contributed by atoms with Crippen LogP contribution in [0, 0.1) is 0 Å². The number of nitrogens with zero attached hydrogens (tertiary/aromatic N) is 2. The summed E-state index contributed by atoms with van der Waals surface area (Å²) in [5.41, 5.74) is 0.820. The average molecular weight is 330 g/mol. The van der Waals surface area contributed by atoms with E-state index in [2.05, 4.69) is 0 Å². The first kappa shape index (κ1) is 15.8. The zero-order valence-corrected chi connectivity index (χ0v) is 13.0. The van der Waals surface area contributed by atoms with Crippen LogP contribution in [0.3, 0.4) is 0 Å². The number of amides is 2.